The molecule has 1 fully saturated rings. The summed E-state index contributed by atoms with van der Waals surface area (Å²) in [5.74, 6) is 2.33. The van der Waals surface area contributed by atoms with E-state index in [2.05, 4.69) is 75.2 Å². The smallest absolute Gasteiger partial charge is 0.234 e. The number of benzene rings is 3. The van der Waals surface area contributed by atoms with Gasteiger partial charge < -0.3 is 20.0 Å². The number of primary amides is 1. The predicted octanol–water partition coefficient (Wildman–Crippen LogP) is 4.84. The number of para-hydroxylation sites is 1. The number of fused-ring (bicyclic) bond motifs is 1. The van der Waals surface area contributed by atoms with Gasteiger partial charge >= 0.3 is 0 Å². The molecule has 0 radical (unpaired) electrons. The van der Waals surface area contributed by atoms with Gasteiger partial charge in [0.1, 0.15) is 11.6 Å². The highest BCUT2D eigenvalue weighted by molar-refractivity contribution is 5.83. The van der Waals surface area contributed by atoms with E-state index in [1.54, 1.807) is 7.11 Å². The molecule has 2 atom stereocenters. The number of likely N-dealkylation sites (tertiary alicyclic amines) is 1. The largest absolute Gasteiger partial charge is 0.497 e. The molecule has 3 heterocycles. The highest BCUT2D eigenvalue weighted by atomic mass is 16.5. The zero-order valence-electron chi connectivity index (χ0n) is 23.4. The van der Waals surface area contributed by atoms with Crippen LogP contribution in [-0.4, -0.2) is 50.3 Å². The van der Waals surface area contributed by atoms with Gasteiger partial charge in [0.05, 0.1) is 25.7 Å². The number of nitrogens with two attached hydrogens (primary N) is 1. The molecule has 1 aliphatic heterocycles. The van der Waals surface area contributed by atoms with Gasteiger partial charge in [-0.15, -0.1) is 10.2 Å². The number of carbonyl (C=O) groups excluding carboxylic acids is 1. The van der Waals surface area contributed by atoms with Gasteiger partial charge in [0.2, 0.25) is 5.91 Å². The van der Waals surface area contributed by atoms with E-state index in [0.29, 0.717) is 13.0 Å². The third kappa shape index (κ3) is 5.74. The number of hydrogen-bond donors (Lipinski definition) is 2. The van der Waals surface area contributed by atoms with Crippen molar-refractivity contribution in [1.82, 2.24) is 24.6 Å². The van der Waals surface area contributed by atoms with Crippen LogP contribution in [0.2, 0.25) is 0 Å². The number of hydrogen-bond acceptors (Lipinski definition) is 5. The third-order valence-electron chi connectivity index (χ3n) is 8.25. The molecule has 1 aliphatic rings. The molecule has 1 unspecified atom stereocenters. The average Bonchev–Trinajstić information content (AvgIpc) is 3.75. The lowest BCUT2D eigenvalue weighted by Crippen LogP contribution is -2.43. The van der Waals surface area contributed by atoms with E-state index in [9.17, 15) is 4.79 Å². The van der Waals surface area contributed by atoms with Crippen molar-refractivity contribution in [3.8, 4) is 5.75 Å². The second-order valence-electron chi connectivity index (χ2n) is 10.8. The number of rotatable bonds is 11. The highest BCUT2D eigenvalue weighted by Gasteiger charge is 2.38. The van der Waals surface area contributed by atoms with Crippen molar-refractivity contribution >= 4 is 16.8 Å². The fourth-order valence-electron chi connectivity index (χ4n) is 6.10. The van der Waals surface area contributed by atoms with Crippen LogP contribution in [0.1, 0.15) is 47.2 Å². The lowest BCUT2D eigenvalue weighted by Gasteiger charge is -2.31. The standard InChI is InChI=1S/C33H36N6O2/c1-41-26-16-13-24(14-17-26)22-39-31(18-15-23-8-3-2-4-9-23)36-37-33(39)30(38-19-7-12-29(38)32(34)40)20-25-21-35-28-11-6-5-10-27(25)28/h2-6,8-11,13-14,16-17,21,29-30,35H,7,12,15,18-20,22H2,1H3,(H2,34,40)/t29?,30-/m1/s1. The number of methoxy groups -OCH3 is 1. The summed E-state index contributed by atoms with van der Waals surface area (Å²) in [6.07, 6.45) is 6.06. The Labute approximate surface area is 240 Å². The summed E-state index contributed by atoms with van der Waals surface area (Å²) in [4.78, 5) is 18.2. The molecule has 1 amide bonds. The molecular formula is C33H36N6O2. The van der Waals surface area contributed by atoms with Crippen molar-refractivity contribution in [3.05, 3.63) is 113 Å². The number of nitrogens with one attached hydrogen (secondary N) is 1. The predicted molar refractivity (Wildman–Crippen MR) is 160 cm³/mol. The molecule has 3 aromatic carbocycles. The fourth-order valence-corrected chi connectivity index (χ4v) is 6.10. The van der Waals surface area contributed by atoms with Crippen LogP contribution in [0.25, 0.3) is 10.9 Å². The van der Waals surface area contributed by atoms with Crippen LogP contribution < -0.4 is 10.5 Å². The van der Waals surface area contributed by atoms with Gasteiger partial charge in [0.15, 0.2) is 5.82 Å². The fraction of sp³-hybridized carbons (Fsp3) is 0.303. The molecular weight excluding hydrogens is 512 g/mol. The maximum absolute atomic E-state index is 12.6. The van der Waals surface area contributed by atoms with Gasteiger partial charge in [0, 0.05) is 23.5 Å². The molecule has 8 nitrogen and oxygen atoms in total. The zero-order chi connectivity index (χ0) is 28.2. The molecule has 41 heavy (non-hydrogen) atoms. The minimum atomic E-state index is -0.330. The molecule has 1 saturated heterocycles. The molecule has 5 aromatic rings. The summed E-state index contributed by atoms with van der Waals surface area (Å²) in [6.45, 7) is 1.41. The maximum Gasteiger partial charge on any atom is 0.234 e. The van der Waals surface area contributed by atoms with Crippen molar-refractivity contribution in [2.45, 2.75) is 50.7 Å². The molecule has 210 valence electrons. The van der Waals surface area contributed by atoms with Gasteiger partial charge in [-0.2, -0.15) is 0 Å². The van der Waals surface area contributed by atoms with Crippen LogP contribution in [0.5, 0.6) is 5.75 Å². The summed E-state index contributed by atoms with van der Waals surface area (Å²) in [7, 11) is 1.68. The summed E-state index contributed by atoms with van der Waals surface area (Å²) in [6, 6.07) is 26.4. The first-order valence-electron chi connectivity index (χ1n) is 14.3. The van der Waals surface area contributed by atoms with Crippen LogP contribution in [0.4, 0.5) is 0 Å². The van der Waals surface area contributed by atoms with Crippen molar-refractivity contribution < 1.29 is 9.53 Å². The minimum Gasteiger partial charge on any atom is -0.497 e. The number of ether oxygens (including phenoxy) is 1. The SMILES string of the molecule is COc1ccc(Cn2c(CCc3ccccc3)nnc2[C@@H](Cc2c[nH]c3ccccc23)N2CCCC2C(N)=O)cc1. The second-order valence-corrected chi connectivity index (χ2v) is 10.8. The normalized spacial score (nSPS) is 16.3. The topological polar surface area (TPSA) is 102 Å². The second kappa shape index (κ2) is 12.0. The van der Waals surface area contributed by atoms with E-state index in [4.69, 9.17) is 20.7 Å². The van der Waals surface area contributed by atoms with E-state index >= 15 is 0 Å². The van der Waals surface area contributed by atoms with E-state index in [1.807, 2.05) is 24.3 Å². The highest BCUT2D eigenvalue weighted by Crippen LogP contribution is 2.34. The summed E-state index contributed by atoms with van der Waals surface area (Å²) in [5.41, 5.74) is 10.6. The van der Waals surface area contributed by atoms with Crippen molar-refractivity contribution in [1.29, 1.82) is 0 Å². The Morgan fingerprint density at radius 3 is 2.56 bits per heavy atom. The molecule has 2 aromatic heterocycles. The Morgan fingerprint density at radius 1 is 1.00 bits per heavy atom. The van der Waals surface area contributed by atoms with Gasteiger partial charge in [0.25, 0.3) is 0 Å². The van der Waals surface area contributed by atoms with E-state index < -0.39 is 0 Å². The summed E-state index contributed by atoms with van der Waals surface area (Å²) >= 11 is 0. The average molecular weight is 549 g/mol. The number of nitrogens with zero attached hydrogens (tertiary/aromatic N) is 4. The monoisotopic (exact) mass is 548 g/mol. The van der Waals surface area contributed by atoms with Crippen molar-refractivity contribution in [2.75, 3.05) is 13.7 Å². The third-order valence-corrected chi connectivity index (χ3v) is 8.25. The number of aromatic amines is 1. The Kier molecular flexibility index (Phi) is 7.82. The Balaban J connectivity index is 1.41. The molecule has 0 aliphatic carbocycles. The Bertz CT molecular complexity index is 1610. The Morgan fingerprint density at radius 2 is 1.78 bits per heavy atom. The first-order chi connectivity index (χ1) is 20.1. The molecule has 0 spiro atoms. The van der Waals surface area contributed by atoms with E-state index in [1.165, 1.54) is 16.5 Å². The zero-order valence-corrected chi connectivity index (χ0v) is 23.4. The van der Waals surface area contributed by atoms with Crippen molar-refractivity contribution in [2.24, 2.45) is 5.73 Å². The Hall–Kier alpha value is -4.43. The molecule has 3 N–H and O–H groups in total. The molecule has 6 rings (SSSR count). The first kappa shape index (κ1) is 26.8. The molecule has 8 heteroatoms. The van der Waals surface area contributed by atoms with Gasteiger partial charge in [-0.3, -0.25) is 9.69 Å². The quantitative estimate of drug-likeness (QED) is 0.246. The number of carbonyl (C=O) groups is 1. The van der Waals surface area contributed by atoms with E-state index in [0.717, 1.165) is 60.7 Å². The number of H-pyrrole nitrogens is 1. The minimum absolute atomic E-state index is 0.162. The number of aryl methyl sites for hydroxylation is 2. The summed E-state index contributed by atoms with van der Waals surface area (Å²) in [5, 5.41) is 10.8. The maximum atomic E-state index is 12.6. The van der Waals surface area contributed by atoms with Gasteiger partial charge in [-0.1, -0.05) is 60.7 Å². The van der Waals surface area contributed by atoms with Gasteiger partial charge in [-0.05, 0) is 67.1 Å². The van der Waals surface area contributed by atoms with Crippen LogP contribution in [-0.2, 0) is 30.6 Å². The van der Waals surface area contributed by atoms with E-state index in [-0.39, 0.29) is 18.0 Å². The first-order valence-corrected chi connectivity index (χ1v) is 14.3. The number of amides is 1. The van der Waals surface area contributed by atoms with Crippen LogP contribution >= 0.6 is 0 Å². The van der Waals surface area contributed by atoms with Crippen LogP contribution in [0.15, 0.2) is 85.1 Å². The van der Waals surface area contributed by atoms with Crippen molar-refractivity contribution in [3.63, 3.8) is 0 Å². The molecule has 0 saturated carbocycles. The number of aromatic nitrogens is 4. The lowest BCUT2D eigenvalue weighted by atomic mass is 10.0. The lowest BCUT2D eigenvalue weighted by molar-refractivity contribution is -0.123. The van der Waals surface area contributed by atoms with Crippen LogP contribution in [0, 0.1) is 0 Å². The summed E-state index contributed by atoms with van der Waals surface area (Å²) < 4.78 is 7.64. The van der Waals surface area contributed by atoms with Gasteiger partial charge in [-0.25, -0.2) is 0 Å². The van der Waals surface area contributed by atoms with Crippen LogP contribution in [0.3, 0.4) is 0 Å². The molecule has 0 bridgehead atoms.